The summed E-state index contributed by atoms with van der Waals surface area (Å²) >= 11 is 0. The zero-order valence-corrected chi connectivity index (χ0v) is 15.7. The van der Waals surface area contributed by atoms with Gasteiger partial charge >= 0.3 is 0 Å². The molecule has 0 saturated carbocycles. The second-order valence-electron chi connectivity index (χ2n) is 7.29. The van der Waals surface area contributed by atoms with Crippen LogP contribution in [-0.4, -0.2) is 46.5 Å². The van der Waals surface area contributed by atoms with E-state index in [0.717, 1.165) is 26.1 Å². The van der Waals surface area contributed by atoms with Crippen LogP contribution in [0.5, 0.6) is 0 Å². The summed E-state index contributed by atoms with van der Waals surface area (Å²) in [6.45, 7) is 5.35. The van der Waals surface area contributed by atoms with Crippen LogP contribution >= 0.6 is 0 Å². The molecule has 144 valence electrons. The van der Waals surface area contributed by atoms with Gasteiger partial charge in [-0.2, -0.15) is 0 Å². The molecule has 2 aromatic carbocycles. The maximum Gasteiger partial charge on any atom is 0.225 e. The van der Waals surface area contributed by atoms with Gasteiger partial charge in [-0.1, -0.05) is 42.5 Å². The van der Waals surface area contributed by atoms with Crippen molar-refractivity contribution in [2.24, 2.45) is 0 Å². The van der Waals surface area contributed by atoms with E-state index in [2.05, 4.69) is 24.0 Å². The third-order valence-corrected chi connectivity index (χ3v) is 5.10. The number of rotatable bonds is 5. The molecule has 1 aliphatic rings. The molecule has 0 unspecified atom stereocenters. The zero-order chi connectivity index (χ0) is 19.2. The minimum Gasteiger partial charge on any atom is -0.388 e. The maximum absolute atomic E-state index is 13.3. The Hall–Kier alpha value is -2.24. The molecular weight excluding hydrogens is 343 g/mol. The number of benzene rings is 2. The smallest absolute Gasteiger partial charge is 0.225 e. The van der Waals surface area contributed by atoms with Crippen LogP contribution in [0.3, 0.4) is 0 Å². The first kappa shape index (κ1) is 19.5. The van der Waals surface area contributed by atoms with Crippen molar-refractivity contribution in [1.29, 1.82) is 0 Å². The molecular formula is C22H27FN2O2. The highest BCUT2D eigenvalue weighted by atomic mass is 19.1. The molecule has 0 spiro atoms. The summed E-state index contributed by atoms with van der Waals surface area (Å²) in [7, 11) is 0. The van der Waals surface area contributed by atoms with Gasteiger partial charge in [-0.25, -0.2) is 4.39 Å². The van der Waals surface area contributed by atoms with Gasteiger partial charge in [0.15, 0.2) is 0 Å². The molecule has 1 N–H and O–H groups in total. The van der Waals surface area contributed by atoms with Gasteiger partial charge in [-0.15, -0.1) is 0 Å². The van der Waals surface area contributed by atoms with Crippen molar-refractivity contribution >= 4 is 5.91 Å². The predicted octanol–water partition coefficient (Wildman–Crippen LogP) is 3.37. The fraction of sp³-hybridized carbons (Fsp3) is 0.409. The monoisotopic (exact) mass is 370 g/mol. The minimum absolute atomic E-state index is 0.0214. The van der Waals surface area contributed by atoms with Gasteiger partial charge in [0.05, 0.1) is 12.5 Å². The summed E-state index contributed by atoms with van der Waals surface area (Å²) in [6, 6.07) is 16.2. The van der Waals surface area contributed by atoms with Crippen molar-refractivity contribution in [3.05, 3.63) is 71.5 Å². The Morgan fingerprint density at radius 2 is 1.96 bits per heavy atom. The lowest BCUT2D eigenvalue weighted by Gasteiger charge is -2.30. The van der Waals surface area contributed by atoms with E-state index in [-0.39, 0.29) is 18.4 Å². The fourth-order valence-electron chi connectivity index (χ4n) is 3.72. The first-order valence-corrected chi connectivity index (χ1v) is 9.52. The Labute approximate surface area is 160 Å². The number of hydrogen-bond acceptors (Lipinski definition) is 3. The van der Waals surface area contributed by atoms with E-state index in [1.165, 1.54) is 17.7 Å². The van der Waals surface area contributed by atoms with E-state index in [1.807, 2.05) is 23.1 Å². The van der Waals surface area contributed by atoms with Gasteiger partial charge in [0.25, 0.3) is 0 Å². The number of aliphatic hydroxyl groups is 1. The number of carbonyl (C=O) groups is 1. The van der Waals surface area contributed by atoms with Crippen LogP contribution in [0.1, 0.15) is 37.0 Å². The molecule has 1 saturated heterocycles. The summed E-state index contributed by atoms with van der Waals surface area (Å²) in [5.41, 5.74) is 1.71. The van der Waals surface area contributed by atoms with Crippen LogP contribution in [0.2, 0.25) is 0 Å². The van der Waals surface area contributed by atoms with Crippen LogP contribution in [-0.2, 0) is 11.3 Å². The molecule has 1 fully saturated rings. The van der Waals surface area contributed by atoms with Crippen molar-refractivity contribution < 1.29 is 14.3 Å². The van der Waals surface area contributed by atoms with Crippen LogP contribution < -0.4 is 0 Å². The summed E-state index contributed by atoms with van der Waals surface area (Å²) in [6.07, 6.45) is -0.102. The van der Waals surface area contributed by atoms with Gasteiger partial charge < -0.3 is 10.0 Å². The molecule has 1 amide bonds. The van der Waals surface area contributed by atoms with Crippen molar-refractivity contribution in [3.8, 4) is 0 Å². The van der Waals surface area contributed by atoms with Crippen molar-refractivity contribution in [2.75, 3.05) is 19.6 Å². The predicted molar refractivity (Wildman–Crippen MR) is 103 cm³/mol. The van der Waals surface area contributed by atoms with Gasteiger partial charge in [-0.3, -0.25) is 9.69 Å². The van der Waals surface area contributed by atoms with E-state index < -0.39 is 11.9 Å². The molecule has 2 atom stereocenters. The van der Waals surface area contributed by atoms with Crippen molar-refractivity contribution in [1.82, 2.24) is 9.80 Å². The highest BCUT2D eigenvalue weighted by Crippen LogP contribution is 2.21. The summed E-state index contributed by atoms with van der Waals surface area (Å²) in [5, 5.41) is 10.3. The third-order valence-electron chi connectivity index (χ3n) is 5.10. The average molecular weight is 370 g/mol. The zero-order valence-electron chi connectivity index (χ0n) is 15.7. The number of hydrogen-bond donors (Lipinski definition) is 1. The Kier molecular flexibility index (Phi) is 6.58. The first-order valence-electron chi connectivity index (χ1n) is 9.52. The highest BCUT2D eigenvalue weighted by Gasteiger charge is 2.27. The number of halogens is 1. The number of amides is 1. The molecule has 0 bridgehead atoms. The molecule has 0 aromatic heterocycles. The van der Waals surface area contributed by atoms with Gasteiger partial charge in [-0.05, 0) is 36.6 Å². The van der Waals surface area contributed by atoms with Gasteiger partial charge in [0.2, 0.25) is 5.91 Å². The standard InChI is InChI=1S/C22H27FN2O2/c1-17-15-24(16-18-7-3-2-4-8-18)11-6-12-25(17)22(27)14-21(26)19-9-5-10-20(23)13-19/h2-5,7-10,13,17,21,26H,6,11-12,14-16H2,1H3/t17-,21+/m0/s1. The second kappa shape index (κ2) is 9.11. The molecule has 0 aliphatic carbocycles. The first-order chi connectivity index (χ1) is 13.0. The summed E-state index contributed by atoms with van der Waals surface area (Å²) in [5.74, 6) is -0.487. The lowest BCUT2D eigenvalue weighted by molar-refractivity contribution is -0.135. The summed E-state index contributed by atoms with van der Waals surface area (Å²) in [4.78, 5) is 17.0. The third kappa shape index (κ3) is 5.37. The van der Waals surface area contributed by atoms with E-state index in [9.17, 15) is 14.3 Å². The van der Waals surface area contributed by atoms with Crippen LogP contribution in [0, 0.1) is 5.82 Å². The molecule has 0 radical (unpaired) electrons. The quantitative estimate of drug-likeness (QED) is 0.878. The lowest BCUT2D eigenvalue weighted by Crippen LogP contribution is -2.42. The topological polar surface area (TPSA) is 43.8 Å². The molecule has 5 heteroatoms. The number of aliphatic hydroxyl groups excluding tert-OH is 1. The molecule has 2 aromatic rings. The Morgan fingerprint density at radius 1 is 1.19 bits per heavy atom. The SMILES string of the molecule is C[C@H]1CN(Cc2ccccc2)CCCN1C(=O)C[C@@H](O)c1cccc(F)c1. The number of carbonyl (C=O) groups excluding carboxylic acids is 1. The molecule has 3 rings (SSSR count). The fourth-order valence-corrected chi connectivity index (χ4v) is 3.72. The molecule has 27 heavy (non-hydrogen) atoms. The van der Waals surface area contributed by atoms with Crippen LogP contribution in [0.25, 0.3) is 0 Å². The van der Waals surface area contributed by atoms with E-state index in [4.69, 9.17) is 0 Å². The lowest BCUT2D eigenvalue weighted by atomic mass is 10.1. The maximum atomic E-state index is 13.3. The van der Waals surface area contributed by atoms with Crippen LogP contribution in [0.4, 0.5) is 4.39 Å². The minimum atomic E-state index is -0.982. The Bertz CT molecular complexity index is 753. The van der Waals surface area contributed by atoms with E-state index >= 15 is 0 Å². The Balaban J connectivity index is 1.59. The van der Waals surface area contributed by atoms with Crippen LogP contribution in [0.15, 0.2) is 54.6 Å². The molecule has 4 nitrogen and oxygen atoms in total. The molecule has 1 aliphatic heterocycles. The van der Waals surface area contributed by atoms with Gasteiger partial charge in [0.1, 0.15) is 5.82 Å². The average Bonchev–Trinajstić information content (AvgIpc) is 2.83. The largest absolute Gasteiger partial charge is 0.388 e. The second-order valence-corrected chi connectivity index (χ2v) is 7.29. The normalized spacial score (nSPS) is 19.5. The van der Waals surface area contributed by atoms with Crippen molar-refractivity contribution in [2.45, 2.75) is 38.5 Å². The van der Waals surface area contributed by atoms with E-state index in [0.29, 0.717) is 12.1 Å². The number of nitrogens with zero attached hydrogens (tertiary/aromatic N) is 2. The molecule has 1 heterocycles. The Morgan fingerprint density at radius 3 is 2.70 bits per heavy atom. The van der Waals surface area contributed by atoms with Crippen molar-refractivity contribution in [3.63, 3.8) is 0 Å². The van der Waals surface area contributed by atoms with E-state index in [1.54, 1.807) is 12.1 Å². The summed E-state index contributed by atoms with van der Waals surface area (Å²) < 4.78 is 13.3. The highest BCUT2D eigenvalue weighted by molar-refractivity contribution is 5.77. The van der Waals surface area contributed by atoms with Gasteiger partial charge in [0, 0.05) is 32.2 Å².